The number of esters is 2. The first kappa shape index (κ1) is 61.8. The number of carboxylic acid groups (broad SMARTS) is 2. The molecule has 7 N–H and O–H groups in total. The van der Waals surface area contributed by atoms with Crippen molar-refractivity contribution in [1.82, 2.24) is 10.6 Å². The number of amides is 2. The molecule has 1 fully saturated rings. The normalized spacial score (nSPS) is 16.6. The van der Waals surface area contributed by atoms with Crippen molar-refractivity contribution in [1.29, 1.82) is 0 Å². The Morgan fingerprint density at radius 2 is 1.14 bits per heavy atom. The summed E-state index contributed by atoms with van der Waals surface area (Å²) in [6, 6.07) is 27.3. The number of benzene rings is 4. The molecule has 2 atom stereocenters. The lowest BCUT2D eigenvalue weighted by Crippen LogP contribution is -2.85. The van der Waals surface area contributed by atoms with Crippen LogP contribution in [0.5, 0.6) is 23.0 Å². The van der Waals surface area contributed by atoms with Gasteiger partial charge in [-0.15, -0.1) is 22.7 Å². The second-order valence-corrected chi connectivity index (χ2v) is 19.4. The van der Waals surface area contributed by atoms with Gasteiger partial charge in [-0.05, 0) is 142 Å². The van der Waals surface area contributed by atoms with Crippen LogP contribution in [0.4, 0.5) is 11.4 Å². The summed E-state index contributed by atoms with van der Waals surface area (Å²) in [5.74, 6) is -8.31. The summed E-state index contributed by atoms with van der Waals surface area (Å²) in [5, 5.41) is 34.0. The Morgan fingerprint density at radius 3 is 1.51 bits per heavy atom. The molecule has 0 bridgehead atoms. The lowest BCUT2D eigenvalue weighted by Gasteiger charge is -2.64. The molecule has 18 nitrogen and oxygen atoms in total. The number of allylic oxidation sites excluding steroid dienone is 3. The Balaban J connectivity index is 0.000000454. The van der Waals surface area contributed by atoms with Crippen LogP contribution < -0.4 is 40.6 Å². The van der Waals surface area contributed by atoms with Gasteiger partial charge in [-0.3, -0.25) is 19.2 Å². The van der Waals surface area contributed by atoms with Gasteiger partial charge in [0, 0.05) is 47.2 Å². The lowest BCUT2D eigenvalue weighted by molar-refractivity contribution is -0.172. The molecule has 1 aliphatic carbocycles. The fourth-order valence-electron chi connectivity index (χ4n) is 8.41. The van der Waals surface area contributed by atoms with E-state index in [1.807, 2.05) is 39.8 Å². The molecule has 0 spiro atoms. The number of thiophene rings is 2. The van der Waals surface area contributed by atoms with Crippen LogP contribution in [0.25, 0.3) is 0 Å². The van der Waals surface area contributed by atoms with Crippen molar-refractivity contribution >= 4 is 82.3 Å². The highest BCUT2D eigenvalue weighted by molar-refractivity contribution is 7.12. The molecule has 410 valence electrons. The number of nitrogens with one attached hydrogen (secondary N) is 3. The van der Waals surface area contributed by atoms with Gasteiger partial charge < -0.3 is 55.6 Å². The zero-order valence-corrected chi connectivity index (χ0v) is 44.7. The first-order valence-electron chi connectivity index (χ1n) is 23.6. The molecule has 6 aromatic rings. The van der Waals surface area contributed by atoms with Gasteiger partial charge in [0.15, 0.2) is 28.5 Å². The van der Waals surface area contributed by atoms with Gasteiger partial charge in [-0.25, -0.2) is 14.4 Å². The van der Waals surface area contributed by atoms with E-state index in [1.165, 1.54) is 110 Å². The number of aldehydes is 2. The Bertz CT molecular complexity index is 3020. The molecule has 2 unspecified atom stereocenters. The van der Waals surface area contributed by atoms with E-state index in [0.29, 0.717) is 39.5 Å². The molecule has 78 heavy (non-hydrogen) atoms. The van der Waals surface area contributed by atoms with Gasteiger partial charge in [-0.1, -0.05) is 55.0 Å². The van der Waals surface area contributed by atoms with Gasteiger partial charge in [-0.2, -0.15) is 0 Å². The van der Waals surface area contributed by atoms with Crippen LogP contribution in [-0.4, -0.2) is 90.8 Å². The molecule has 1 aliphatic rings. The summed E-state index contributed by atoms with van der Waals surface area (Å²) >= 11 is 2.33. The van der Waals surface area contributed by atoms with Gasteiger partial charge in [0.05, 0.1) is 14.2 Å². The number of hydrogen-bond donors (Lipinski definition) is 6. The predicted molar refractivity (Wildman–Crippen MR) is 299 cm³/mol. The van der Waals surface area contributed by atoms with E-state index in [4.69, 9.17) is 24.7 Å². The molecule has 0 radical (unpaired) electrons. The van der Waals surface area contributed by atoms with Gasteiger partial charge in [0.1, 0.15) is 27.9 Å². The highest BCUT2D eigenvalue weighted by Crippen LogP contribution is 2.64. The Hall–Kier alpha value is -8.72. The number of carboxylic acids is 2. The number of ether oxygens (including phenoxy) is 4. The standard InChI is InChI=1S/C38H33N3O11S2.C13H15NO2.C6H10O.CH4/c1-40-37(35(45)46)30(21-10-14-24(26(18-21)49-2)51-33(43)28-6-4-16-53-28)38(36(47)48,41-32(42)20-8-12-23(39)13-9-20)31(37)22-11-15-25(27(19-22)50-3)52-34(44)29-7-5-17-54-29;1-10(2)3-8-13(16)14-12-6-4-11(9-15)5-7-12;1-6(2)4-3-5-7;/h4-19,30-31,40H,39H2,1-3H3,(H,41,42)(H,45,46)(H,47,48);3-7,9H,8H2,1-2H3,(H,14,16);4-5H,3H2,1-2H3;1H4. The van der Waals surface area contributed by atoms with Crippen LogP contribution >= 0.6 is 22.7 Å². The molecular weight excluding hydrogens is 1040 g/mol. The maximum Gasteiger partial charge on any atom is 0.353 e. The van der Waals surface area contributed by atoms with Crippen molar-refractivity contribution in [3.63, 3.8) is 0 Å². The van der Waals surface area contributed by atoms with Crippen molar-refractivity contribution in [2.24, 2.45) is 0 Å². The number of aliphatic carboxylic acids is 2. The molecule has 2 amide bonds. The molecule has 20 heteroatoms. The van der Waals surface area contributed by atoms with Crippen LogP contribution in [0.1, 0.15) is 111 Å². The quantitative estimate of drug-likeness (QED) is 0.0145. The SMILES string of the molecule is C.CC(C)=CCC(=O)Nc1ccc(C=O)cc1.CC(C)=CCC=O.CNC1(C(=O)O)C(c2ccc(OC(=O)c3cccs3)c(OC)c2)C(NC(=O)c2ccc(N)cc2)(C(=O)O)C1c1ccc(OC(=O)c2cccs2)c(OC)c1. The number of methoxy groups -OCH3 is 2. The largest absolute Gasteiger partial charge is 0.493 e. The summed E-state index contributed by atoms with van der Waals surface area (Å²) < 4.78 is 22.2. The minimum Gasteiger partial charge on any atom is -0.493 e. The number of anilines is 2. The van der Waals surface area contributed by atoms with E-state index in [0.717, 1.165) is 18.1 Å². The van der Waals surface area contributed by atoms with E-state index in [2.05, 4.69) is 16.0 Å². The smallest absolute Gasteiger partial charge is 0.353 e. The van der Waals surface area contributed by atoms with Crippen LogP contribution in [0, 0.1) is 0 Å². The van der Waals surface area contributed by atoms with E-state index >= 15 is 0 Å². The number of hydrogen-bond acceptors (Lipinski definition) is 16. The first-order valence-corrected chi connectivity index (χ1v) is 25.3. The number of likely N-dealkylation sites (N-methyl/N-ethyl adjacent to an activating group) is 1. The maximum absolute atomic E-state index is 14.0. The first-order chi connectivity index (χ1) is 36.8. The molecule has 4 aromatic carbocycles. The van der Waals surface area contributed by atoms with Crippen LogP contribution in [-0.2, 0) is 19.2 Å². The van der Waals surface area contributed by atoms with E-state index in [-0.39, 0.29) is 53.0 Å². The molecular formula is C58H62N4O14S2. The lowest BCUT2D eigenvalue weighted by atomic mass is 9.43. The third-order valence-corrected chi connectivity index (χ3v) is 13.7. The number of carbonyl (C=O) groups is 8. The minimum atomic E-state index is -2.37. The Morgan fingerprint density at radius 1 is 0.654 bits per heavy atom. The summed E-state index contributed by atoms with van der Waals surface area (Å²) in [6.45, 7) is 7.85. The van der Waals surface area contributed by atoms with Crippen LogP contribution in [0.3, 0.4) is 0 Å². The van der Waals surface area contributed by atoms with Crippen LogP contribution in [0.15, 0.2) is 143 Å². The number of nitrogens with two attached hydrogens (primary N) is 1. The second kappa shape index (κ2) is 28.4. The molecule has 2 heterocycles. The predicted octanol–water partition coefficient (Wildman–Crippen LogP) is 10.00. The molecule has 1 saturated carbocycles. The molecule has 2 aromatic heterocycles. The van der Waals surface area contributed by atoms with Crippen molar-refractivity contribution in [2.75, 3.05) is 32.3 Å². The average Bonchev–Trinajstić information content (AvgIpc) is 4.23. The highest BCUT2D eigenvalue weighted by Gasteiger charge is 2.79. The average molecular weight is 1100 g/mol. The van der Waals surface area contributed by atoms with E-state index in [9.17, 15) is 48.6 Å². The zero-order valence-electron chi connectivity index (χ0n) is 43.1. The van der Waals surface area contributed by atoms with Crippen molar-refractivity contribution in [3.8, 4) is 23.0 Å². The van der Waals surface area contributed by atoms with Crippen LogP contribution in [0.2, 0.25) is 0 Å². The minimum absolute atomic E-state index is 0. The number of rotatable bonds is 19. The van der Waals surface area contributed by atoms with Gasteiger partial charge >= 0.3 is 23.9 Å². The zero-order chi connectivity index (χ0) is 56.5. The van der Waals surface area contributed by atoms with Crippen molar-refractivity contribution in [2.45, 2.75) is 70.9 Å². The fraction of sp³-hybridized carbons (Fsp3) is 0.241. The molecule has 7 rings (SSSR count). The summed E-state index contributed by atoms with van der Waals surface area (Å²) in [5.41, 5.74) is 5.61. The third kappa shape index (κ3) is 14.6. The maximum atomic E-state index is 14.0. The monoisotopic (exact) mass is 1100 g/mol. The fourth-order valence-corrected chi connectivity index (χ4v) is 9.61. The van der Waals surface area contributed by atoms with Gasteiger partial charge in [0.2, 0.25) is 5.91 Å². The van der Waals surface area contributed by atoms with Crippen molar-refractivity contribution in [3.05, 3.63) is 175 Å². The van der Waals surface area contributed by atoms with Crippen molar-refractivity contribution < 1.29 is 67.5 Å². The van der Waals surface area contributed by atoms with E-state index in [1.54, 1.807) is 59.3 Å². The summed E-state index contributed by atoms with van der Waals surface area (Å²) in [4.78, 5) is 99.2. The Kier molecular flexibility index (Phi) is 22.5. The molecule has 0 aliphatic heterocycles. The van der Waals surface area contributed by atoms with E-state index < -0.39 is 52.7 Å². The molecule has 0 saturated heterocycles. The summed E-state index contributed by atoms with van der Waals surface area (Å²) in [6.07, 6.45) is 6.37. The number of carbonyl (C=O) groups excluding carboxylic acids is 6. The van der Waals surface area contributed by atoms with Gasteiger partial charge in [0.25, 0.3) is 5.91 Å². The Labute approximate surface area is 459 Å². The third-order valence-electron chi connectivity index (χ3n) is 12.0. The number of nitrogen functional groups attached to an aromatic ring is 1. The summed E-state index contributed by atoms with van der Waals surface area (Å²) in [7, 11) is 3.98. The highest BCUT2D eigenvalue weighted by atomic mass is 32.1. The topological polar surface area (TPSA) is 276 Å². The second-order valence-electron chi connectivity index (χ2n) is 17.6.